The van der Waals surface area contributed by atoms with E-state index in [1.54, 1.807) is 6.07 Å². The number of aromatic hydroxyl groups is 1. The summed E-state index contributed by atoms with van der Waals surface area (Å²) in [6, 6.07) is 1.58. The third kappa shape index (κ3) is 2.36. The largest absolute Gasteiger partial charge is 0.506 e. The van der Waals surface area contributed by atoms with E-state index < -0.39 is 0 Å². The van der Waals surface area contributed by atoms with E-state index in [2.05, 4.69) is 26.1 Å². The number of phenols is 1. The van der Waals surface area contributed by atoms with Crippen molar-refractivity contribution in [1.29, 1.82) is 0 Å². The molecule has 0 saturated carbocycles. The first-order valence-corrected chi connectivity index (χ1v) is 6.08. The highest BCUT2D eigenvalue weighted by Crippen LogP contribution is 2.47. The molecule has 7 nitrogen and oxygen atoms in total. The second-order valence-corrected chi connectivity index (χ2v) is 4.39. The molecule has 0 fully saturated rings. The maximum absolute atomic E-state index is 10.1. The van der Waals surface area contributed by atoms with Crippen molar-refractivity contribution in [2.45, 2.75) is 6.54 Å². The highest BCUT2D eigenvalue weighted by Gasteiger charge is 2.23. The molecule has 1 aromatic carbocycles. The molecule has 102 valence electrons. The zero-order chi connectivity index (χ0) is 14.0. The number of nitrogens with zero attached hydrogens (tertiary/aromatic N) is 2. The number of phenolic OH excluding ortho intramolecular Hbond substituents is 1. The number of ether oxygens (including phenoxy) is 2. The van der Waals surface area contributed by atoms with Gasteiger partial charge >= 0.3 is 0 Å². The first-order chi connectivity index (χ1) is 9.12. The lowest BCUT2D eigenvalue weighted by Gasteiger charge is -2.13. The van der Waals surface area contributed by atoms with Gasteiger partial charge in [-0.25, -0.2) is 0 Å². The van der Waals surface area contributed by atoms with Crippen LogP contribution < -0.4 is 15.2 Å². The van der Waals surface area contributed by atoms with Gasteiger partial charge < -0.3 is 24.8 Å². The van der Waals surface area contributed by atoms with Gasteiger partial charge in [-0.05, 0) is 15.9 Å². The molecule has 1 aromatic heterocycles. The van der Waals surface area contributed by atoms with Crippen molar-refractivity contribution >= 4 is 15.9 Å². The second-order valence-electron chi connectivity index (χ2n) is 3.53. The Balaban J connectivity index is 2.69. The summed E-state index contributed by atoms with van der Waals surface area (Å²) >= 11 is 3.23. The quantitative estimate of drug-likeness (QED) is 0.879. The van der Waals surface area contributed by atoms with Crippen LogP contribution in [0.3, 0.4) is 0 Å². The third-order valence-electron chi connectivity index (χ3n) is 2.46. The molecule has 8 heteroatoms. The fourth-order valence-corrected chi connectivity index (χ4v) is 2.01. The standard InChI is InChI=1S/C11H12BrN3O4/c1-17-6-3-5(12)9(16)8(10(6)18-2)11-14-7(4-13)19-15-11/h3,16H,4,13H2,1-2H3. The van der Waals surface area contributed by atoms with Crippen LogP contribution in [0, 0.1) is 0 Å². The van der Waals surface area contributed by atoms with E-state index in [-0.39, 0.29) is 29.6 Å². The molecule has 0 saturated heterocycles. The van der Waals surface area contributed by atoms with E-state index in [9.17, 15) is 5.11 Å². The topological polar surface area (TPSA) is 104 Å². The third-order valence-corrected chi connectivity index (χ3v) is 3.07. The van der Waals surface area contributed by atoms with Crippen LogP contribution >= 0.6 is 15.9 Å². The molecule has 0 atom stereocenters. The number of rotatable bonds is 4. The molecule has 3 N–H and O–H groups in total. The molecule has 0 aliphatic rings. The summed E-state index contributed by atoms with van der Waals surface area (Å²) in [7, 11) is 2.95. The van der Waals surface area contributed by atoms with Gasteiger partial charge in [0.05, 0.1) is 25.2 Å². The van der Waals surface area contributed by atoms with Gasteiger partial charge in [0.25, 0.3) is 0 Å². The fourth-order valence-electron chi connectivity index (χ4n) is 1.60. The Labute approximate surface area is 117 Å². The lowest BCUT2D eigenvalue weighted by Crippen LogP contribution is -1.97. The Morgan fingerprint density at radius 3 is 2.68 bits per heavy atom. The molecule has 19 heavy (non-hydrogen) atoms. The van der Waals surface area contributed by atoms with Gasteiger partial charge in [0.1, 0.15) is 11.3 Å². The number of hydrogen-bond acceptors (Lipinski definition) is 7. The predicted molar refractivity (Wildman–Crippen MR) is 70.1 cm³/mol. The van der Waals surface area contributed by atoms with Gasteiger partial charge in [-0.3, -0.25) is 0 Å². The molecular weight excluding hydrogens is 318 g/mol. The minimum atomic E-state index is -0.0676. The van der Waals surface area contributed by atoms with Crippen molar-refractivity contribution < 1.29 is 19.1 Å². The van der Waals surface area contributed by atoms with Crippen LogP contribution in [0.2, 0.25) is 0 Å². The van der Waals surface area contributed by atoms with E-state index in [4.69, 9.17) is 19.7 Å². The number of hydrogen-bond donors (Lipinski definition) is 2. The number of methoxy groups -OCH3 is 2. The number of nitrogens with two attached hydrogens (primary N) is 1. The Morgan fingerprint density at radius 2 is 2.16 bits per heavy atom. The summed E-state index contributed by atoms with van der Waals surface area (Å²) in [5, 5.41) is 13.9. The van der Waals surface area contributed by atoms with E-state index in [0.29, 0.717) is 16.0 Å². The molecule has 0 unspecified atom stereocenters. The Morgan fingerprint density at radius 1 is 1.42 bits per heavy atom. The van der Waals surface area contributed by atoms with Gasteiger partial charge in [-0.2, -0.15) is 4.98 Å². The molecule has 0 bridgehead atoms. The first kappa shape index (κ1) is 13.6. The SMILES string of the molecule is COc1cc(Br)c(O)c(-c2noc(CN)n2)c1OC. The van der Waals surface area contributed by atoms with E-state index in [1.165, 1.54) is 14.2 Å². The van der Waals surface area contributed by atoms with Crippen LogP contribution in [0.15, 0.2) is 15.1 Å². The van der Waals surface area contributed by atoms with Gasteiger partial charge in [-0.1, -0.05) is 5.16 Å². The van der Waals surface area contributed by atoms with Gasteiger partial charge in [0.2, 0.25) is 11.7 Å². The summed E-state index contributed by atoms with van der Waals surface area (Å²) in [6.45, 7) is 0.112. The molecular formula is C11H12BrN3O4. The zero-order valence-electron chi connectivity index (χ0n) is 10.3. The second kappa shape index (κ2) is 5.45. The van der Waals surface area contributed by atoms with Gasteiger partial charge in [0.15, 0.2) is 11.5 Å². The van der Waals surface area contributed by atoms with Gasteiger partial charge in [-0.15, -0.1) is 0 Å². The fraction of sp³-hybridized carbons (Fsp3) is 0.273. The van der Waals surface area contributed by atoms with Crippen LogP contribution in [-0.2, 0) is 6.54 Å². The van der Waals surface area contributed by atoms with Crippen molar-refractivity contribution in [1.82, 2.24) is 10.1 Å². The molecule has 2 rings (SSSR count). The van der Waals surface area contributed by atoms with Gasteiger partial charge in [0, 0.05) is 6.07 Å². The van der Waals surface area contributed by atoms with Crippen molar-refractivity contribution in [2.75, 3.05) is 14.2 Å². The smallest absolute Gasteiger partial charge is 0.240 e. The molecule has 0 aliphatic heterocycles. The molecule has 2 aromatic rings. The Hall–Kier alpha value is -1.80. The van der Waals surface area contributed by atoms with Crippen LogP contribution in [0.25, 0.3) is 11.4 Å². The van der Waals surface area contributed by atoms with Crippen molar-refractivity contribution in [3.05, 3.63) is 16.4 Å². The molecule has 0 aliphatic carbocycles. The van der Waals surface area contributed by atoms with E-state index in [0.717, 1.165) is 0 Å². The summed E-state index contributed by atoms with van der Waals surface area (Å²) in [4.78, 5) is 4.07. The average Bonchev–Trinajstić information content (AvgIpc) is 2.89. The number of aromatic nitrogens is 2. The Bertz CT molecular complexity index is 600. The molecule has 1 heterocycles. The average molecular weight is 330 g/mol. The van der Waals surface area contributed by atoms with Crippen molar-refractivity contribution in [3.63, 3.8) is 0 Å². The van der Waals surface area contributed by atoms with Crippen LogP contribution in [0.4, 0.5) is 0 Å². The first-order valence-electron chi connectivity index (χ1n) is 5.28. The minimum Gasteiger partial charge on any atom is -0.506 e. The summed E-state index contributed by atoms with van der Waals surface area (Å²) in [6.07, 6.45) is 0. The lowest BCUT2D eigenvalue weighted by molar-refractivity contribution is 0.351. The highest BCUT2D eigenvalue weighted by atomic mass is 79.9. The maximum atomic E-state index is 10.1. The maximum Gasteiger partial charge on any atom is 0.240 e. The number of halogens is 1. The molecule has 0 radical (unpaired) electrons. The highest BCUT2D eigenvalue weighted by molar-refractivity contribution is 9.10. The van der Waals surface area contributed by atoms with E-state index in [1.807, 2.05) is 0 Å². The molecule has 0 spiro atoms. The van der Waals surface area contributed by atoms with Crippen molar-refractivity contribution in [3.8, 4) is 28.6 Å². The Kier molecular flexibility index (Phi) is 3.91. The van der Waals surface area contributed by atoms with E-state index >= 15 is 0 Å². The monoisotopic (exact) mass is 329 g/mol. The van der Waals surface area contributed by atoms with Crippen molar-refractivity contribution in [2.24, 2.45) is 5.73 Å². The summed E-state index contributed by atoms with van der Waals surface area (Å²) < 4.78 is 15.8. The van der Waals surface area contributed by atoms with Crippen LogP contribution in [0.5, 0.6) is 17.2 Å². The summed E-state index contributed by atoms with van der Waals surface area (Å²) in [5.74, 6) is 1.11. The summed E-state index contributed by atoms with van der Waals surface area (Å²) in [5.41, 5.74) is 5.69. The van der Waals surface area contributed by atoms with Crippen LogP contribution in [0.1, 0.15) is 5.89 Å². The zero-order valence-corrected chi connectivity index (χ0v) is 11.9. The normalized spacial score (nSPS) is 10.5. The molecule has 0 amide bonds. The number of benzene rings is 1. The minimum absolute atomic E-state index is 0.0676. The predicted octanol–water partition coefficient (Wildman–Crippen LogP) is 1.68. The van der Waals surface area contributed by atoms with Crippen LogP contribution in [-0.4, -0.2) is 29.5 Å². The lowest BCUT2D eigenvalue weighted by atomic mass is 10.1.